The summed E-state index contributed by atoms with van der Waals surface area (Å²) < 4.78 is 11.5. The molecule has 2 N–H and O–H groups in total. The van der Waals surface area contributed by atoms with Crippen molar-refractivity contribution >= 4 is 56.8 Å². The highest BCUT2D eigenvalue weighted by molar-refractivity contribution is 7.99. The molecule has 0 saturated heterocycles. The van der Waals surface area contributed by atoms with Crippen molar-refractivity contribution in [1.82, 2.24) is 9.96 Å². The van der Waals surface area contributed by atoms with E-state index in [0.717, 1.165) is 0 Å². The van der Waals surface area contributed by atoms with Gasteiger partial charge in [0, 0.05) is 11.5 Å². The molecule has 0 bridgehead atoms. The van der Waals surface area contributed by atoms with E-state index in [2.05, 4.69) is 49.2 Å². The molecule has 0 amide bonds. The number of nitrogens with one attached hydrogen (secondary N) is 2. The van der Waals surface area contributed by atoms with E-state index in [1.54, 1.807) is 11.8 Å². The van der Waals surface area contributed by atoms with Gasteiger partial charge in [-0.05, 0) is 39.3 Å². The van der Waals surface area contributed by atoms with Gasteiger partial charge >= 0.3 is 11.9 Å². The molecule has 0 saturated carbocycles. The lowest BCUT2D eigenvalue weighted by Gasteiger charge is -2.30. The van der Waals surface area contributed by atoms with Gasteiger partial charge in [-0.1, -0.05) is 39.3 Å². The molecule has 0 aliphatic heterocycles. The molecule has 29 heavy (non-hydrogen) atoms. The van der Waals surface area contributed by atoms with Crippen LogP contribution in [0.1, 0.15) is 0 Å². The second kappa shape index (κ2) is 11.1. The minimum atomic E-state index is -1.96. The van der Waals surface area contributed by atoms with Crippen molar-refractivity contribution in [3.05, 3.63) is 0 Å². The van der Waals surface area contributed by atoms with Crippen LogP contribution in [0.2, 0.25) is 78.6 Å². The molecule has 2 atom stereocenters. The summed E-state index contributed by atoms with van der Waals surface area (Å²) in [5.74, 6) is 0.826. The van der Waals surface area contributed by atoms with Gasteiger partial charge < -0.3 is 18.8 Å². The quantitative estimate of drug-likeness (QED) is 0.394. The summed E-state index contributed by atoms with van der Waals surface area (Å²) in [5.41, 5.74) is 0. The van der Waals surface area contributed by atoms with Crippen LogP contribution in [0.15, 0.2) is 0 Å². The summed E-state index contributed by atoms with van der Waals surface area (Å²) in [6, 6.07) is -0.696. The minimum Gasteiger partial charge on any atom is -0.519 e. The van der Waals surface area contributed by atoms with Crippen LogP contribution in [0.25, 0.3) is 0 Å². The van der Waals surface area contributed by atoms with Crippen molar-refractivity contribution in [2.45, 2.75) is 90.6 Å². The predicted molar refractivity (Wildman–Crippen MR) is 137 cm³/mol. The fraction of sp³-hybridized carbons (Fsp3) is 0.889. The molecule has 0 aromatic rings. The van der Waals surface area contributed by atoms with Gasteiger partial charge in [0.05, 0.1) is 0 Å². The Hall–Kier alpha value is 0.0775. The number of hydrogen-bond acceptors (Lipinski definition) is 7. The number of carbonyl (C=O) groups is 2. The number of thioether (sulfide) groups is 1. The highest BCUT2D eigenvalue weighted by Crippen LogP contribution is 2.15. The zero-order valence-electron chi connectivity index (χ0n) is 20.6. The van der Waals surface area contributed by atoms with Crippen LogP contribution >= 0.6 is 11.8 Å². The maximum Gasteiger partial charge on any atom is 0.310 e. The Morgan fingerprint density at radius 2 is 0.931 bits per heavy atom. The van der Waals surface area contributed by atoms with Crippen LogP contribution in [0.3, 0.4) is 0 Å². The fourth-order valence-electron chi connectivity index (χ4n) is 2.43. The van der Waals surface area contributed by atoms with E-state index in [4.69, 9.17) is 8.85 Å². The number of rotatable bonds is 12. The Labute approximate surface area is 187 Å². The van der Waals surface area contributed by atoms with E-state index in [1.807, 2.05) is 39.3 Å². The van der Waals surface area contributed by atoms with Crippen LogP contribution in [-0.2, 0) is 18.4 Å². The molecule has 11 heteroatoms. The zero-order chi connectivity index (χ0) is 23.3. The van der Waals surface area contributed by atoms with Crippen LogP contribution in [0.5, 0.6) is 0 Å². The molecule has 0 aliphatic carbocycles. The van der Waals surface area contributed by atoms with E-state index in [-0.39, 0.29) is 24.0 Å². The van der Waals surface area contributed by atoms with E-state index in [9.17, 15) is 9.59 Å². The summed E-state index contributed by atoms with van der Waals surface area (Å²) in [5, 5.41) is 0. The van der Waals surface area contributed by atoms with Gasteiger partial charge in [-0.2, -0.15) is 11.8 Å². The van der Waals surface area contributed by atoms with Crippen LogP contribution < -0.4 is 9.96 Å². The minimum absolute atomic E-state index is 0.168. The van der Waals surface area contributed by atoms with E-state index < -0.39 is 33.1 Å². The van der Waals surface area contributed by atoms with Gasteiger partial charge in [0.1, 0.15) is 28.6 Å². The Kier molecular flexibility index (Phi) is 11.1. The second-order valence-electron chi connectivity index (χ2n) is 11.5. The standard InChI is InChI=1S/C18H44N2O4SSi4/c1-26(2,3)19-15(17(21)23-28(7,8)9)13-25-14-16(20-27(4,5)6)18(22)24-29(10,11)12/h15-16,19-20H,13-14H2,1-12H3. The van der Waals surface area contributed by atoms with Gasteiger partial charge in [0.2, 0.25) is 16.6 Å². The molecule has 0 radical (unpaired) electrons. The maximum absolute atomic E-state index is 12.7. The lowest BCUT2D eigenvalue weighted by Crippen LogP contribution is -2.55. The van der Waals surface area contributed by atoms with Crippen LogP contribution in [-0.4, -0.2) is 68.6 Å². The lowest BCUT2D eigenvalue weighted by atomic mass is 10.4. The highest BCUT2D eigenvalue weighted by atomic mass is 32.2. The third-order valence-electron chi connectivity index (χ3n) is 3.17. The number of carbonyl (C=O) groups excluding carboxylic acids is 2. The summed E-state index contributed by atoms with van der Waals surface area (Å²) in [6.45, 7) is 25.2. The average molecular weight is 497 g/mol. The molecule has 0 aliphatic rings. The molecule has 0 heterocycles. The third kappa shape index (κ3) is 16.4. The van der Waals surface area contributed by atoms with E-state index >= 15 is 0 Å². The molecule has 0 fully saturated rings. The van der Waals surface area contributed by atoms with Crippen LogP contribution in [0, 0.1) is 0 Å². The first kappa shape index (κ1) is 29.1. The van der Waals surface area contributed by atoms with E-state index in [1.165, 1.54) is 0 Å². The molecule has 0 aromatic heterocycles. The summed E-state index contributed by atoms with van der Waals surface area (Å²) >= 11 is 1.61. The molecule has 2 unspecified atom stereocenters. The molecule has 6 nitrogen and oxygen atoms in total. The molecular formula is C18H44N2O4SSi4. The Bertz CT molecular complexity index is 504. The SMILES string of the molecule is C[Si](C)(C)NC(CSCC(N[Si](C)(C)C)C(=O)O[Si](C)(C)C)C(=O)O[Si](C)(C)C. The molecule has 0 rings (SSSR count). The predicted octanol–water partition coefficient (Wildman–Crippen LogP) is 4.06. The summed E-state index contributed by atoms with van der Waals surface area (Å²) in [6.07, 6.45) is 0. The van der Waals surface area contributed by atoms with Gasteiger partial charge in [0.25, 0.3) is 0 Å². The normalized spacial score (nSPS) is 15.6. The smallest absolute Gasteiger partial charge is 0.310 e. The lowest BCUT2D eigenvalue weighted by molar-refractivity contribution is -0.137. The first-order chi connectivity index (χ1) is 12.7. The van der Waals surface area contributed by atoms with Crippen molar-refractivity contribution in [2.24, 2.45) is 0 Å². The largest absolute Gasteiger partial charge is 0.519 e. The second-order valence-corrected chi connectivity index (χ2v) is 31.0. The van der Waals surface area contributed by atoms with Gasteiger partial charge in [-0.25, -0.2) is 0 Å². The van der Waals surface area contributed by atoms with Gasteiger partial charge in [-0.15, -0.1) is 0 Å². The highest BCUT2D eigenvalue weighted by Gasteiger charge is 2.33. The van der Waals surface area contributed by atoms with Crippen LogP contribution in [0.4, 0.5) is 0 Å². The monoisotopic (exact) mass is 496 g/mol. The number of hydrogen-bond donors (Lipinski definition) is 2. The van der Waals surface area contributed by atoms with Crippen molar-refractivity contribution in [3.8, 4) is 0 Å². The molecule has 0 spiro atoms. The summed E-state index contributed by atoms with van der Waals surface area (Å²) in [7, 11) is -7.25. The topological polar surface area (TPSA) is 76.7 Å². The Morgan fingerprint density at radius 1 is 0.655 bits per heavy atom. The van der Waals surface area contributed by atoms with Gasteiger partial charge in [0.15, 0.2) is 0 Å². The molecule has 172 valence electrons. The zero-order valence-corrected chi connectivity index (χ0v) is 25.4. The fourth-order valence-corrected chi connectivity index (χ4v) is 7.80. The first-order valence-electron chi connectivity index (χ1n) is 10.3. The van der Waals surface area contributed by atoms with Crippen molar-refractivity contribution in [2.75, 3.05) is 11.5 Å². The van der Waals surface area contributed by atoms with Gasteiger partial charge in [-0.3, -0.25) is 9.59 Å². The van der Waals surface area contributed by atoms with Crippen molar-refractivity contribution in [1.29, 1.82) is 0 Å². The molecule has 0 aromatic carbocycles. The van der Waals surface area contributed by atoms with E-state index in [0.29, 0.717) is 11.5 Å². The average Bonchev–Trinajstić information content (AvgIpc) is 2.38. The Balaban J connectivity index is 5.16. The Morgan fingerprint density at radius 3 is 1.14 bits per heavy atom. The third-order valence-corrected chi connectivity index (χ3v) is 8.36. The summed E-state index contributed by atoms with van der Waals surface area (Å²) in [4.78, 5) is 32.5. The first-order valence-corrected chi connectivity index (χ1v) is 25.2. The molecular weight excluding hydrogens is 453 g/mol. The van der Waals surface area contributed by atoms with Crippen molar-refractivity contribution < 1.29 is 18.4 Å². The maximum atomic E-state index is 12.7. The van der Waals surface area contributed by atoms with Crippen molar-refractivity contribution in [3.63, 3.8) is 0 Å².